The molecule has 4 heteroatoms. The van der Waals surface area contributed by atoms with Crippen LogP contribution in [0.1, 0.15) is 86.0 Å². The van der Waals surface area contributed by atoms with E-state index < -0.39 is 0 Å². The molecule has 34 heavy (non-hydrogen) atoms. The average Bonchev–Trinajstić information content (AvgIpc) is 2.82. The van der Waals surface area contributed by atoms with Gasteiger partial charge in [-0.15, -0.1) is 0 Å². The first kappa shape index (κ1) is 25.6. The van der Waals surface area contributed by atoms with Gasteiger partial charge in [0, 0.05) is 30.2 Å². The summed E-state index contributed by atoms with van der Waals surface area (Å²) < 4.78 is 0. The van der Waals surface area contributed by atoms with E-state index in [2.05, 4.69) is 31.0 Å². The number of likely N-dealkylation sites (N-methyl/N-ethyl adjacent to an activating group) is 1. The number of hydrogen-bond acceptors (Lipinski definition) is 3. The number of aliphatic imine (C=N–C) groups is 1. The van der Waals surface area contributed by atoms with Gasteiger partial charge in [-0.2, -0.15) is 0 Å². The summed E-state index contributed by atoms with van der Waals surface area (Å²) in [5, 5.41) is 0. The molecule has 0 unspecified atom stereocenters. The Morgan fingerprint density at radius 2 is 1.79 bits per heavy atom. The van der Waals surface area contributed by atoms with E-state index in [1.54, 1.807) is 0 Å². The van der Waals surface area contributed by atoms with Gasteiger partial charge in [-0.3, -0.25) is 14.8 Å². The van der Waals surface area contributed by atoms with Gasteiger partial charge in [0.25, 0.3) is 5.91 Å². The van der Waals surface area contributed by atoms with Crippen molar-refractivity contribution in [1.82, 2.24) is 9.88 Å². The maximum atomic E-state index is 13.4. The second-order valence-corrected chi connectivity index (χ2v) is 9.41. The first-order valence-electron chi connectivity index (χ1n) is 12.6. The zero-order valence-corrected chi connectivity index (χ0v) is 21.5. The van der Waals surface area contributed by atoms with Gasteiger partial charge in [0.15, 0.2) is 0 Å². The highest BCUT2D eigenvalue weighted by molar-refractivity contribution is 5.97. The molecular formula is C30H39N3O. The summed E-state index contributed by atoms with van der Waals surface area (Å²) in [6.07, 6.45) is 12.1. The van der Waals surface area contributed by atoms with E-state index in [0.29, 0.717) is 0 Å². The normalized spacial score (nSPS) is 14.3. The molecule has 1 aromatic heterocycles. The zero-order valence-electron chi connectivity index (χ0n) is 21.5. The van der Waals surface area contributed by atoms with Gasteiger partial charge < -0.3 is 4.90 Å². The van der Waals surface area contributed by atoms with E-state index in [-0.39, 0.29) is 5.91 Å². The smallest absolute Gasteiger partial charge is 0.258 e. The Bertz CT molecular complexity index is 1090. The number of nitrogens with zero attached hydrogens (tertiary/aromatic N) is 3. The molecule has 1 aliphatic heterocycles. The van der Waals surface area contributed by atoms with Crippen LogP contribution in [-0.2, 0) is 6.42 Å². The lowest BCUT2D eigenvalue weighted by atomic mass is 9.93. The van der Waals surface area contributed by atoms with Crippen molar-refractivity contribution in [3.05, 3.63) is 88.0 Å². The lowest BCUT2D eigenvalue weighted by Crippen LogP contribution is -2.28. The van der Waals surface area contributed by atoms with Crippen molar-refractivity contribution in [3.8, 4) is 0 Å². The predicted molar refractivity (Wildman–Crippen MR) is 142 cm³/mol. The number of benzene rings is 1. The third-order valence-corrected chi connectivity index (χ3v) is 6.70. The van der Waals surface area contributed by atoms with Crippen LogP contribution in [0.25, 0.3) is 0 Å². The van der Waals surface area contributed by atoms with Gasteiger partial charge >= 0.3 is 0 Å². The Morgan fingerprint density at radius 3 is 2.53 bits per heavy atom. The summed E-state index contributed by atoms with van der Waals surface area (Å²) in [4.78, 5) is 24.5. The van der Waals surface area contributed by atoms with Crippen molar-refractivity contribution in [2.75, 3.05) is 7.05 Å². The number of amides is 1. The number of carbonyl (C=O) groups excluding carboxylic acids is 1. The zero-order chi connectivity index (χ0) is 24.5. The Morgan fingerprint density at radius 1 is 1.00 bits per heavy atom. The summed E-state index contributed by atoms with van der Waals surface area (Å²) in [5.41, 5.74) is 8.96. The lowest BCUT2D eigenvalue weighted by molar-refractivity contribution is 0.0837. The first-order chi connectivity index (χ1) is 16.4. The second-order valence-electron chi connectivity index (χ2n) is 9.41. The van der Waals surface area contributed by atoms with Gasteiger partial charge in [-0.25, -0.2) is 0 Å². The van der Waals surface area contributed by atoms with Crippen LogP contribution in [0.4, 0.5) is 0 Å². The number of hydrogen-bond donors (Lipinski definition) is 0. The molecule has 0 atom stereocenters. The highest BCUT2D eigenvalue weighted by atomic mass is 16.2. The van der Waals surface area contributed by atoms with Gasteiger partial charge in [0.1, 0.15) is 0 Å². The average molecular weight is 458 g/mol. The molecule has 180 valence electrons. The Balaban J connectivity index is 1.84. The van der Waals surface area contributed by atoms with Gasteiger partial charge in [-0.1, -0.05) is 37.1 Å². The number of aromatic nitrogens is 1. The van der Waals surface area contributed by atoms with Crippen molar-refractivity contribution in [2.24, 2.45) is 4.99 Å². The second kappa shape index (κ2) is 12.5. The number of pyridine rings is 1. The standard InChI is InChI=1S/C30H39N3O/c1-6-7-14-27-23(3)16-17-26(13-10-12-25-18-19-31-24(4)20-25)32-21-29(27)33(5)30(34)28-15-9-8-11-22(28)2/h8-9,11,15,18-21H,6-7,10,12-14,16-17H2,1-5H3. The monoisotopic (exact) mass is 457 g/mol. The molecular weight excluding hydrogens is 418 g/mol. The quantitative estimate of drug-likeness (QED) is 0.394. The molecule has 0 saturated heterocycles. The molecule has 0 radical (unpaired) electrons. The molecule has 0 saturated carbocycles. The van der Waals surface area contributed by atoms with Crippen LogP contribution in [-0.4, -0.2) is 28.6 Å². The molecule has 0 N–H and O–H groups in total. The summed E-state index contributed by atoms with van der Waals surface area (Å²) in [6, 6.07) is 12.1. The minimum Gasteiger partial charge on any atom is -0.310 e. The van der Waals surface area contributed by atoms with Crippen LogP contribution >= 0.6 is 0 Å². The third-order valence-electron chi connectivity index (χ3n) is 6.70. The Kier molecular flexibility index (Phi) is 9.38. The van der Waals surface area contributed by atoms with Gasteiger partial charge in [-0.05, 0) is 101 Å². The number of rotatable bonds is 9. The fourth-order valence-corrected chi connectivity index (χ4v) is 4.53. The fraction of sp³-hybridized carbons (Fsp3) is 0.433. The molecule has 0 bridgehead atoms. The van der Waals surface area contributed by atoms with E-state index >= 15 is 0 Å². The Hall–Kier alpha value is -3.01. The van der Waals surface area contributed by atoms with Crippen LogP contribution in [0.2, 0.25) is 0 Å². The van der Waals surface area contributed by atoms with Crippen molar-refractivity contribution in [3.63, 3.8) is 0 Å². The number of aryl methyl sites for hydroxylation is 3. The highest BCUT2D eigenvalue weighted by Crippen LogP contribution is 2.29. The van der Waals surface area contributed by atoms with E-state index in [0.717, 1.165) is 73.9 Å². The minimum absolute atomic E-state index is 0.0246. The molecule has 2 heterocycles. The molecule has 1 aliphatic rings. The number of carbonyl (C=O) groups is 1. The molecule has 0 spiro atoms. The Labute approximate surface area is 205 Å². The molecule has 0 fully saturated rings. The summed E-state index contributed by atoms with van der Waals surface area (Å²) in [7, 11) is 1.89. The fourth-order valence-electron chi connectivity index (χ4n) is 4.53. The molecule has 0 aliphatic carbocycles. The van der Waals surface area contributed by atoms with E-state index in [4.69, 9.17) is 4.99 Å². The minimum atomic E-state index is 0.0246. The molecule has 2 aromatic rings. The van der Waals surface area contributed by atoms with Crippen molar-refractivity contribution in [1.29, 1.82) is 0 Å². The first-order valence-corrected chi connectivity index (χ1v) is 12.6. The summed E-state index contributed by atoms with van der Waals surface area (Å²) in [5.74, 6) is 0.0246. The van der Waals surface area contributed by atoms with Crippen LogP contribution in [0.3, 0.4) is 0 Å². The van der Waals surface area contributed by atoms with Crippen LogP contribution < -0.4 is 0 Å². The predicted octanol–water partition coefficient (Wildman–Crippen LogP) is 7.38. The van der Waals surface area contributed by atoms with E-state index in [9.17, 15) is 4.79 Å². The lowest BCUT2D eigenvalue weighted by Gasteiger charge is -2.26. The molecule has 4 nitrogen and oxygen atoms in total. The number of allylic oxidation sites excluding steroid dienone is 2. The SMILES string of the molecule is CCCCC1=C(C)CCC(CCCc2ccnc(C)c2)=NC=C1N(C)C(=O)c1ccccc1C. The topological polar surface area (TPSA) is 45.6 Å². The van der Waals surface area contributed by atoms with Crippen molar-refractivity contribution < 1.29 is 4.79 Å². The summed E-state index contributed by atoms with van der Waals surface area (Å²) >= 11 is 0. The molecule has 3 rings (SSSR count). The van der Waals surface area contributed by atoms with Gasteiger partial charge in [0.2, 0.25) is 0 Å². The third kappa shape index (κ3) is 6.75. The maximum Gasteiger partial charge on any atom is 0.258 e. The molecule has 1 aromatic carbocycles. The number of unbranched alkanes of at least 4 members (excludes halogenated alkanes) is 1. The van der Waals surface area contributed by atoms with E-state index in [1.807, 2.05) is 62.5 Å². The van der Waals surface area contributed by atoms with E-state index in [1.165, 1.54) is 22.4 Å². The highest BCUT2D eigenvalue weighted by Gasteiger charge is 2.22. The van der Waals surface area contributed by atoms with Crippen LogP contribution in [0.5, 0.6) is 0 Å². The van der Waals surface area contributed by atoms with Crippen LogP contribution in [0.15, 0.2) is 70.6 Å². The largest absolute Gasteiger partial charge is 0.310 e. The van der Waals surface area contributed by atoms with Crippen molar-refractivity contribution in [2.45, 2.75) is 79.1 Å². The van der Waals surface area contributed by atoms with Gasteiger partial charge in [0.05, 0.1) is 11.9 Å². The van der Waals surface area contributed by atoms with Crippen LogP contribution in [0, 0.1) is 13.8 Å². The van der Waals surface area contributed by atoms with Crippen molar-refractivity contribution >= 4 is 11.6 Å². The maximum absolute atomic E-state index is 13.4. The summed E-state index contributed by atoms with van der Waals surface area (Å²) in [6.45, 7) is 8.47. The molecule has 1 amide bonds.